The highest BCUT2D eigenvalue weighted by molar-refractivity contribution is 5.76. The molecule has 186 valence electrons. The van der Waals surface area contributed by atoms with Crippen molar-refractivity contribution in [3.8, 4) is 28.6 Å². The quantitative estimate of drug-likeness (QED) is 0.320. The van der Waals surface area contributed by atoms with E-state index in [-0.39, 0.29) is 23.2 Å². The second kappa shape index (κ2) is 9.64. The van der Waals surface area contributed by atoms with E-state index in [1.54, 1.807) is 17.9 Å². The molecule has 0 saturated carbocycles. The van der Waals surface area contributed by atoms with Crippen LogP contribution in [-0.4, -0.2) is 46.5 Å². The summed E-state index contributed by atoms with van der Waals surface area (Å²) in [6.45, 7) is 4.69. The van der Waals surface area contributed by atoms with Crippen LogP contribution in [-0.2, 0) is 19.5 Å². The standard InChI is InChI=1S/C24H26N8O4/c1-4-10-31-21-19(23(33)32(11-5-2)24(31)34)27-20(28-21)15-13-25-29-16(15)12-18-26-22(36-30-18)14-8-6-7-9-17(14)35-3/h6-9,13H,4-5,10-12H2,1-3H3,(H,25,29)(H,27,28). The van der Waals surface area contributed by atoms with Crippen LogP contribution in [0.2, 0.25) is 0 Å². The number of H-pyrrole nitrogens is 2. The van der Waals surface area contributed by atoms with Gasteiger partial charge in [-0.1, -0.05) is 31.1 Å². The van der Waals surface area contributed by atoms with Crippen molar-refractivity contribution >= 4 is 11.2 Å². The molecule has 2 N–H and O–H groups in total. The average molecular weight is 491 g/mol. The van der Waals surface area contributed by atoms with Crippen LogP contribution in [0.1, 0.15) is 38.2 Å². The zero-order valence-corrected chi connectivity index (χ0v) is 20.2. The summed E-state index contributed by atoms with van der Waals surface area (Å²) in [5, 5.41) is 11.2. The largest absolute Gasteiger partial charge is 0.496 e. The van der Waals surface area contributed by atoms with E-state index < -0.39 is 0 Å². The Bertz CT molecular complexity index is 1640. The molecule has 0 aliphatic rings. The first-order chi connectivity index (χ1) is 17.5. The predicted molar refractivity (Wildman–Crippen MR) is 132 cm³/mol. The number of rotatable bonds is 9. The van der Waals surface area contributed by atoms with Crippen molar-refractivity contribution in [1.29, 1.82) is 0 Å². The monoisotopic (exact) mass is 490 g/mol. The lowest BCUT2D eigenvalue weighted by Gasteiger charge is -2.09. The van der Waals surface area contributed by atoms with Gasteiger partial charge in [-0.2, -0.15) is 10.1 Å². The Morgan fingerprint density at radius 1 is 1.03 bits per heavy atom. The lowest BCUT2D eigenvalue weighted by atomic mass is 10.2. The number of para-hydroxylation sites is 1. The van der Waals surface area contributed by atoms with Crippen LogP contribution in [0.5, 0.6) is 5.75 Å². The number of methoxy groups -OCH3 is 1. The van der Waals surface area contributed by atoms with E-state index in [2.05, 4.69) is 30.3 Å². The van der Waals surface area contributed by atoms with Crippen LogP contribution >= 0.6 is 0 Å². The van der Waals surface area contributed by atoms with Gasteiger partial charge in [-0.3, -0.25) is 19.0 Å². The minimum absolute atomic E-state index is 0.285. The molecule has 0 spiro atoms. The Labute approximate surface area is 205 Å². The van der Waals surface area contributed by atoms with E-state index in [0.717, 1.165) is 6.42 Å². The van der Waals surface area contributed by atoms with E-state index in [4.69, 9.17) is 9.26 Å². The molecule has 4 aromatic heterocycles. The Balaban J connectivity index is 1.53. The number of aromatic amines is 2. The van der Waals surface area contributed by atoms with Gasteiger partial charge in [0.25, 0.3) is 11.4 Å². The van der Waals surface area contributed by atoms with Crippen LogP contribution in [0.3, 0.4) is 0 Å². The minimum atomic E-state index is -0.382. The number of aryl methyl sites for hydroxylation is 1. The molecule has 12 heteroatoms. The summed E-state index contributed by atoms with van der Waals surface area (Å²) in [5.74, 6) is 1.83. The third-order valence-corrected chi connectivity index (χ3v) is 5.87. The smallest absolute Gasteiger partial charge is 0.332 e. The van der Waals surface area contributed by atoms with Gasteiger partial charge in [0.1, 0.15) is 17.1 Å². The van der Waals surface area contributed by atoms with Crippen molar-refractivity contribution in [2.75, 3.05) is 7.11 Å². The van der Waals surface area contributed by atoms with Gasteiger partial charge in [-0.05, 0) is 25.0 Å². The van der Waals surface area contributed by atoms with Crippen LogP contribution in [0.25, 0.3) is 34.0 Å². The second-order valence-corrected chi connectivity index (χ2v) is 8.33. The van der Waals surface area contributed by atoms with E-state index >= 15 is 0 Å². The molecule has 36 heavy (non-hydrogen) atoms. The minimum Gasteiger partial charge on any atom is -0.496 e. The van der Waals surface area contributed by atoms with Gasteiger partial charge in [0, 0.05) is 13.1 Å². The van der Waals surface area contributed by atoms with Crippen molar-refractivity contribution in [2.45, 2.75) is 46.2 Å². The van der Waals surface area contributed by atoms with Crippen molar-refractivity contribution in [1.82, 2.24) is 39.4 Å². The number of benzene rings is 1. The number of hydrogen-bond acceptors (Lipinski definition) is 8. The Morgan fingerprint density at radius 2 is 1.81 bits per heavy atom. The highest BCUT2D eigenvalue weighted by atomic mass is 16.5. The molecular formula is C24H26N8O4. The summed E-state index contributed by atoms with van der Waals surface area (Å²) in [6, 6.07) is 7.39. The van der Waals surface area contributed by atoms with Gasteiger partial charge < -0.3 is 14.2 Å². The Morgan fingerprint density at radius 3 is 2.58 bits per heavy atom. The molecule has 0 unspecified atom stereocenters. The van der Waals surface area contributed by atoms with Gasteiger partial charge in [-0.25, -0.2) is 9.78 Å². The highest BCUT2D eigenvalue weighted by Gasteiger charge is 2.21. The zero-order chi connectivity index (χ0) is 25.2. The maximum absolute atomic E-state index is 13.1. The summed E-state index contributed by atoms with van der Waals surface area (Å²) < 4.78 is 13.6. The average Bonchev–Trinajstić information content (AvgIpc) is 3.64. The first-order valence-corrected chi connectivity index (χ1v) is 11.8. The molecule has 0 aliphatic heterocycles. The molecule has 5 rings (SSSR count). The molecule has 0 saturated heterocycles. The van der Waals surface area contributed by atoms with E-state index in [1.165, 1.54) is 4.57 Å². The van der Waals surface area contributed by atoms with Gasteiger partial charge >= 0.3 is 5.69 Å². The Hall–Kier alpha value is -4.48. The predicted octanol–water partition coefficient (Wildman–Crippen LogP) is 2.75. The zero-order valence-electron chi connectivity index (χ0n) is 20.2. The van der Waals surface area contributed by atoms with Crippen molar-refractivity contribution in [3.05, 3.63) is 62.8 Å². The lowest BCUT2D eigenvalue weighted by Crippen LogP contribution is -2.40. The molecule has 0 radical (unpaired) electrons. The first-order valence-electron chi connectivity index (χ1n) is 11.8. The van der Waals surface area contributed by atoms with Crippen LogP contribution < -0.4 is 16.0 Å². The maximum Gasteiger partial charge on any atom is 0.332 e. The summed E-state index contributed by atoms with van der Waals surface area (Å²) in [4.78, 5) is 38.3. The van der Waals surface area contributed by atoms with Crippen molar-refractivity contribution in [3.63, 3.8) is 0 Å². The molecule has 0 fully saturated rings. The molecule has 0 aliphatic carbocycles. The summed E-state index contributed by atoms with van der Waals surface area (Å²) in [7, 11) is 1.58. The molecule has 4 heterocycles. The number of aromatic nitrogens is 8. The molecule has 0 atom stereocenters. The van der Waals surface area contributed by atoms with Gasteiger partial charge in [0.2, 0.25) is 0 Å². The number of hydrogen-bond donors (Lipinski definition) is 2. The molecule has 12 nitrogen and oxygen atoms in total. The normalized spacial score (nSPS) is 11.4. The highest BCUT2D eigenvalue weighted by Crippen LogP contribution is 2.29. The molecule has 5 aromatic rings. The summed E-state index contributed by atoms with van der Waals surface area (Å²) in [6.07, 6.45) is 3.29. The molecule has 1 aromatic carbocycles. The van der Waals surface area contributed by atoms with Gasteiger partial charge in [-0.15, -0.1) is 0 Å². The van der Waals surface area contributed by atoms with E-state index in [1.807, 2.05) is 38.1 Å². The number of fused-ring (bicyclic) bond motifs is 1. The van der Waals surface area contributed by atoms with E-state index in [9.17, 15) is 9.59 Å². The summed E-state index contributed by atoms with van der Waals surface area (Å²) in [5.41, 5.74) is 1.91. The molecule has 0 amide bonds. The molecule has 0 bridgehead atoms. The van der Waals surface area contributed by atoms with Gasteiger partial charge in [0.05, 0.1) is 36.5 Å². The summed E-state index contributed by atoms with van der Waals surface area (Å²) >= 11 is 0. The number of ether oxygens (including phenoxy) is 1. The topological polar surface area (TPSA) is 150 Å². The fourth-order valence-electron chi connectivity index (χ4n) is 4.21. The fourth-order valence-corrected chi connectivity index (χ4v) is 4.21. The SMILES string of the molecule is CCCn1c(=O)c2[nH]c(-c3cn[nH]c3Cc3noc(-c4ccccc4OC)n3)nc2n(CCC)c1=O. The Kier molecular flexibility index (Phi) is 6.23. The fraction of sp³-hybridized carbons (Fsp3) is 0.333. The van der Waals surface area contributed by atoms with Crippen LogP contribution in [0.4, 0.5) is 0 Å². The number of nitrogens with one attached hydrogen (secondary N) is 2. The van der Waals surface area contributed by atoms with E-state index in [0.29, 0.717) is 65.3 Å². The third kappa shape index (κ3) is 4.00. The van der Waals surface area contributed by atoms with Crippen molar-refractivity contribution < 1.29 is 9.26 Å². The lowest BCUT2D eigenvalue weighted by molar-refractivity contribution is 0.403. The second-order valence-electron chi connectivity index (χ2n) is 8.33. The van der Waals surface area contributed by atoms with Crippen LogP contribution in [0.15, 0.2) is 44.6 Å². The third-order valence-electron chi connectivity index (χ3n) is 5.87. The first kappa shape index (κ1) is 23.3. The maximum atomic E-state index is 13.1. The number of nitrogens with zero attached hydrogens (tertiary/aromatic N) is 6. The number of imidazole rings is 1. The van der Waals surface area contributed by atoms with Crippen LogP contribution in [0, 0.1) is 0 Å². The van der Waals surface area contributed by atoms with Gasteiger partial charge in [0.15, 0.2) is 11.5 Å². The molecular weight excluding hydrogens is 464 g/mol. The van der Waals surface area contributed by atoms with Crippen molar-refractivity contribution in [2.24, 2.45) is 0 Å².